The molecule has 0 amide bonds. The smallest absolute Gasteiger partial charge is 0.238 e. The van der Waals surface area contributed by atoms with Crippen LogP contribution in [0.1, 0.15) is 30.3 Å². The van der Waals surface area contributed by atoms with Crippen LogP contribution in [0.5, 0.6) is 0 Å². The van der Waals surface area contributed by atoms with Gasteiger partial charge < -0.3 is 0 Å². The third-order valence-electron chi connectivity index (χ3n) is 4.43. The molecule has 3 heterocycles. The summed E-state index contributed by atoms with van der Waals surface area (Å²) in [6.45, 7) is 0.891. The molecule has 1 aromatic heterocycles. The molecule has 24 heavy (non-hydrogen) atoms. The molecule has 0 bridgehead atoms. The minimum atomic E-state index is -3.87. The highest BCUT2D eigenvalue weighted by Gasteiger charge is 2.28. The summed E-state index contributed by atoms with van der Waals surface area (Å²) in [4.78, 5) is 0.0891. The average molecular weight is 349 g/mol. The number of benzene rings is 1. The SMILES string of the molecule is NS(=O)(=O)c1cccc(-c2cnn3c2CCCC3)c1C1NNNN1. The molecule has 1 fully saturated rings. The molecule has 0 spiro atoms. The summed E-state index contributed by atoms with van der Waals surface area (Å²) in [5, 5.41) is 9.90. The fourth-order valence-electron chi connectivity index (χ4n) is 3.37. The van der Waals surface area contributed by atoms with Crippen molar-refractivity contribution in [3.63, 3.8) is 0 Å². The summed E-state index contributed by atoms with van der Waals surface area (Å²) in [5.74, 6) is 0. The van der Waals surface area contributed by atoms with Crippen molar-refractivity contribution in [3.8, 4) is 11.1 Å². The third kappa shape index (κ3) is 2.62. The summed E-state index contributed by atoms with van der Waals surface area (Å²) >= 11 is 0. The molecule has 1 saturated heterocycles. The molecule has 0 aliphatic carbocycles. The Labute approximate surface area is 139 Å². The van der Waals surface area contributed by atoms with Gasteiger partial charge in [0.1, 0.15) is 6.17 Å². The Hall–Kier alpha value is -1.82. The van der Waals surface area contributed by atoms with Crippen LogP contribution in [0, 0.1) is 0 Å². The molecule has 0 atom stereocenters. The van der Waals surface area contributed by atoms with E-state index in [-0.39, 0.29) is 4.90 Å². The van der Waals surface area contributed by atoms with Crippen LogP contribution in [0.2, 0.25) is 0 Å². The second-order valence-electron chi connectivity index (χ2n) is 5.92. The molecule has 2 aliphatic rings. The molecule has 2 aliphatic heterocycles. The zero-order valence-corrected chi connectivity index (χ0v) is 13.7. The van der Waals surface area contributed by atoms with E-state index < -0.39 is 16.2 Å². The van der Waals surface area contributed by atoms with Crippen LogP contribution < -0.4 is 27.1 Å². The molecular formula is C14H19N7O2S. The van der Waals surface area contributed by atoms with Crippen LogP contribution in [0.3, 0.4) is 0 Å². The summed E-state index contributed by atoms with van der Waals surface area (Å²) in [7, 11) is -3.87. The van der Waals surface area contributed by atoms with Crippen molar-refractivity contribution in [3.05, 3.63) is 35.7 Å². The van der Waals surface area contributed by atoms with Gasteiger partial charge in [-0.1, -0.05) is 12.1 Å². The van der Waals surface area contributed by atoms with Crippen LogP contribution in [-0.2, 0) is 23.0 Å². The second kappa shape index (κ2) is 5.92. The van der Waals surface area contributed by atoms with E-state index in [0.29, 0.717) is 5.56 Å². The largest absolute Gasteiger partial charge is 0.269 e. The van der Waals surface area contributed by atoms with E-state index in [9.17, 15) is 8.42 Å². The van der Waals surface area contributed by atoms with Crippen molar-refractivity contribution in [1.29, 1.82) is 0 Å². The Morgan fingerprint density at radius 3 is 2.71 bits per heavy atom. The molecule has 10 heteroatoms. The highest BCUT2D eigenvalue weighted by atomic mass is 32.2. The predicted molar refractivity (Wildman–Crippen MR) is 87.3 cm³/mol. The zero-order chi connectivity index (χ0) is 16.7. The van der Waals surface area contributed by atoms with Crippen LogP contribution in [0.25, 0.3) is 11.1 Å². The van der Waals surface area contributed by atoms with Crippen LogP contribution in [-0.4, -0.2) is 18.2 Å². The molecule has 0 radical (unpaired) electrons. The Morgan fingerprint density at radius 1 is 1.17 bits per heavy atom. The first-order valence-electron chi connectivity index (χ1n) is 7.77. The quantitative estimate of drug-likeness (QED) is 0.513. The summed E-state index contributed by atoms with van der Waals surface area (Å²) < 4.78 is 26.2. The summed E-state index contributed by atoms with van der Waals surface area (Å²) in [6.07, 6.45) is 4.50. The van der Waals surface area contributed by atoms with Crippen LogP contribution in [0.15, 0.2) is 29.3 Å². The monoisotopic (exact) mass is 349 g/mol. The number of hydrazine groups is 3. The Bertz CT molecular complexity index is 871. The summed E-state index contributed by atoms with van der Waals surface area (Å²) in [6, 6.07) is 5.13. The minimum Gasteiger partial charge on any atom is -0.269 e. The first-order chi connectivity index (χ1) is 11.6. The fraction of sp³-hybridized carbons (Fsp3) is 0.357. The normalized spacial score (nSPS) is 18.7. The van der Waals surface area contributed by atoms with E-state index in [0.717, 1.165) is 42.6 Å². The van der Waals surface area contributed by atoms with Gasteiger partial charge in [-0.3, -0.25) is 4.68 Å². The first kappa shape index (κ1) is 15.7. The van der Waals surface area contributed by atoms with E-state index in [2.05, 4.69) is 27.0 Å². The maximum absolute atomic E-state index is 12.1. The Morgan fingerprint density at radius 2 is 1.96 bits per heavy atom. The number of nitrogens with two attached hydrogens (primary N) is 1. The van der Waals surface area contributed by atoms with Gasteiger partial charge in [0.05, 0.1) is 11.1 Å². The lowest BCUT2D eigenvalue weighted by atomic mass is 9.95. The number of aryl methyl sites for hydroxylation is 1. The van der Waals surface area contributed by atoms with Crippen LogP contribution >= 0.6 is 0 Å². The topological polar surface area (TPSA) is 126 Å². The lowest BCUT2D eigenvalue weighted by Crippen LogP contribution is -2.33. The van der Waals surface area contributed by atoms with Crippen molar-refractivity contribution in [2.24, 2.45) is 5.14 Å². The zero-order valence-electron chi connectivity index (χ0n) is 12.9. The number of primary sulfonamides is 1. The van der Waals surface area contributed by atoms with E-state index in [1.807, 2.05) is 16.9 Å². The maximum Gasteiger partial charge on any atom is 0.238 e. The van der Waals surface area contributed by atoms with Gasteiger partial charge in [0.15, 0.2) is 0 Å². The summed E-state index contributed by atoms with van der Waals surface area (Å²) in [5.41, 5.74) is 14.8. The van der Waals surface area contributed by atoms with Crippen molar-refractivity contribution in [1.82, 2.24) is 31.7 Å². The highest BCUT2D eigenvalue weighted by Crippen LogP contribution is 2.35. The number of rotatable bonds is 3. The van der Waals surface area contributed by atoms with Crippen molar-refractivity contribution in [2.45, 2.75) is 36.9 Å². The van der Waals surface area contributed by atoms with E-state index in [4.69, 9.17) is 5.14 Å². The number of nitrogens with zero attached hydrogens (tertiary/aromatic N) is 2. The van der Waals surface area contributed by atoms with Crippen molar-refractivity contribution >= 4 is 10.0 Å². The van der Waals surface area contributed by atoms with Crippen LogP contribution in [0.4, 0.5) is 0 Å². The fourth-order valence-corrected chi connectivity index (χ4v) is 4.17. The third-order valence-corrected chi connectivity index (χ3v) is 5.40. The Kier molecular flexibility index (Phi) is 3.87. The lowest BCUT2D eigenvalue weighted by molar-refractivity contribution is 0.486. The van der Waals surface area contributed by atoms with Gasteiger partial charge in [-0.15, -0.1) is 0 Å². The number of fused-ring (bicyclic) bond motifs is 1. The molecule has 2 aromatic rings. The van der Waals surface area contributed by atoms with Crippen molar-refractivity contribution < 1.29 is 8.42 Å². The van der Waals surface area contributed by atoms with Gasteiger partial charge >= 0.3 is 0 Å². The Balaban J connectivity index is 1.94. The maximum atomic E-state index is 12.1. The second-order valence-corrected chi connectivity index (χ2v) is 7.45. The van der Waals surface area contributed by atoms with E-state index in [1.54, 1.807) is 6.07 Å². The number of aromatic nitrogens is 2. The van der Waals surface area contributed by atoms with Gasteiger partial charge in [0.2, 0.25) is 10.0 Å². The van der Waals surface area contributed by atoms with Gasteiger partial charge in [0, 0.05) is 23.4 Å². The molecule has 128 valence electrons. The van der Waals surface area contributed by atoms with Gasteiger partial charge in [0.25, 0.3) is 0 Å². The number of nitrogens with one attached hydrogen (secondary N) is 4. The molecule has 0 unspecified atom stereocenters. The predicted octanol–water partition coefficient (Wildman–Crippen LogP) is -0.351. The molecule has 9 nitrogen and oxygen atoms in total. The molecule has 6 N–H and O–H groups in total. The lowest BCUT2D eigenvalue weighted by Gasteiger charge is -2.20. The average Bonchev–Trinajstić information content (AvgIpc) is 3.23. The first-order valence-corrected chi connectivity index (χ1v) is 9.32. The van der Waals surface area contributed by atoms with E-state index in [1.165, 1.54) is 6.07 Å². The molecule has 0 saturated carbocycles. The number of sulfonamides is 1. The van der Waals surface area contributed by atoms with Gasteiger partial charge in [-0.25, -0.2) is 24.4 Å². The van der Waals surface area contributed by atoms with Gasteiger partial charge in [-0.05, 0) is 30.9 Å². The minimum absolute atomic E-state index is 0.0891. The number of hydrogen-bond acceptors (Lipinski definition) is 7. The van der Waals surface area contributed by atoms with Crippen molar-refractivity contribution in [2.75, 3.05) is 0 Å². The van der Waals surface area contributed by atoms with E-state index >= 15 is 0 Å². The molecule has 1 aromatic carbocycles. The number of hydrogen-bond donors (Lipinski definition) is 5. The standard InChI is InChI=1S/C14H19N7O2S/c15-24(22,23)12-6-3-4-9(13(12)14-17-19-20-18-14)10-8-16-21-7-2-1-5-11(10)21/h3-4,6,8,14,17-20H,1-2,5,7H2,(H2,15,22,23). The van der Waals surface area contributed by atoms with Gasteiger partial charge in [-0.2, -0.15) is 16.2 Å². The molecular weight excluding hydrogens is 330 g/mol. The molecule has 4 rings (SSSR count). The highest BCUT2D eigenvalue weighted by molar-refractivity contribution is 7.89.